The van der Waals surface area contributed by atoms with Crippen LogP contribution in [0.25, 0.3) is 0 Å². The fraction of sp³-hybridized carbons (Fsp3) is 0.100. The van der Waals surface area contributed by atoms with Crippen LogP contribution in [0, 0.1) is 0 Å². The van der Waals surface area contributed by atoms with Crippen LogP contribution in [0.5, 0.6) is 0 Å². The lowest BCUT2D eigenvalue weighted by atomic mass is 10.2. The van der Waals surface area contributed by atoms with Crippen molar-refractivity contribution in [2.45, 2.75) is 11.2 Å². The van der Waals surface area contributed by atoms with Crippen LogP contribution in [0.3, 0.4) is 0 Å². The van der Waals surface area contributed by atoms with E-state index < -0.39 is 16.3 Å². The lowest BCUT2D eigenvalue weighted by Gasteiger charge is -2.20. The summed E-state index contributed by atoms with van der Waals surface area (Å²) in [7, 11) is -2.05. The van der Waals surface area contributed by atoms with Crippen molar-refractivity contribution < 1.29 is 17.9 Å². The number of rotatable bonds is 6. The monoisotopic (exact) mass is 459 g/mol. The quantitative estimate of drug-likeness (QED) is 0.574. The number of hydrogen-bond donors (Lipinski definition) is 2. The van der Waals surface area contributed by atoms with Gasteiger partial charge < -0.3 is 14.8 Å². The number of nitrogens with one attached hydrogen (secondary N) is 1. The van der Waals surface area contributed by atoms with E-state index in [1.807, 2.05) is 12.1 Å². The number of hydrogen-bond acceptors (Lipinski definition) is 8. The van der Waals surface area contributed by atoms with E-state index in [0.29, 0.717) is 22.4 Å². The molecule has 0 saturated carbocycles. The average Bonchev–Trinajstić information content (AvgIpc) is 3.23. The molecule has 4 rings (SSSR count). The second kappa shape index (κ2) is 8.42. The molecule has 1 unspecified atom stereocenters. The Bertz CT molecular complexity index is 1250. The molecule has 0 aliphatic carbocycles. The molecule has 0 saturated heterocycles. The maximum absolute atomic E-state index is 11.5. The van der Waals surface area contributed by atoms with E-state index in [9.17, 15) is 8.42 Å². The normalized spacial score (nSPS) is 15.6. The zero-order valence-corrected chi connectivity index (χ0v) is 17.8. The van der Waals surface area contributed by atoms with Crippen molar-refractivity contribution in [1.82, 2.24) is 9.97 Å². The molecule has 0 amide bonds. The molecule has 2 heterocycles. The summed E-state index contributed by atoms with van der Waals surface area (Å²) < 4.78 is 34.6. The van der Waals surface area contributed by atoms with Crippen molar-refractivity contribution in [2.75, 3.05) is 17.3 Å². The second-order valence-electron chi connectivity index (χ2n) is 6.59. The number of halogens is 1. The molecule has 0 spiro atoms. The minimum Gasteiger partial charge on any atom is -0.453 e. The van der Waals surface area contributed by atoms with Gasteiger partial charge in [-0.05, 0) is 36.4 Å². The van der Waals surface area contributed by atoms with Gasteiger partial charge >= 0.3 is 0 Å². The highest BCUT2D eigenvalue weighted by Crippen LogP contribution is 2.32. The average molecular weight is 460 g/mol. The van der Waals surface area contributed by atoms with Gasteiger partial charge in [-0.2, -0.15) is 4.98 Å². The number of benzene rings is 2. The topological polar surface area (TPSA) is 120 Å². The fourth-order valence-corrected chi connectivity index (χ4v) is 3.59. The molecule has 31 heavy (non-hydrogen) atoms. The molecular formula is C20H18ClN5O4S. The fourth-order valence-electron chi connectivity index (χ4n) is 2.83. The van der Waals surface area contributed by atoms with Gasteiger partial charge in [-0.25, -0.2) is 18.5 Å². The van der Waals surface area contributed by atoms with E-state index in [1.165, 1.54) is 18.4 Å². The summed E-state index contributed by atoms with van der Waals surface area (Å²) in [6.07, 6.45) is 2.45. The van der Waals surface area contributed by atoms with Crippen LogP contribution in [0.2, 0.25) is 5.02 Å². The molecule has 3 aromatic rings. The number of sulfonamides is 1. The molecule has 9 nitrogen and oxygen atoms in total. The molecular weight excluding hydrogens is 442 g/mol. The second-order valence-corrected chi connectivity index (χ2v) is 8.59. The molecule has 1 aliphatic rings. The summed E-state index contributed by atoms with van der Waals surface area (Å²) >= 11 is 6.03. The van der Waals surface area contributed by atoms with Crippen molar-refractivity contribution in [1.29, 1.82) is 0 Å². The van der Waals surface area contributed by atoms with Crippen molar-refractivity contribution in [3.05, 3.63) is 83.5 Å². The Kier molecular flexibility index (Phi) is 5.68. The number of nitrogens with two attached hydrogens (primary N) is 1. The van der Waals surface area contributed by atoms with E-state index in [0.717, 1.165) is 5.56 Å². The van der Waals surface area contributed by atoms with Gasteiger partial charge in [0.25, 0.3) is 6.29 Å². The van der Waals surface area contributed by atoms with E-state index in [4.69, 9.17) is 26.2 Å². The maximum atomic E-state index is 11.5. The third-order valence-electron chi connectivity index (χ3n) is 4.37. The van der Waals surface area contributed by atoms with Gasteiger partial charge in [-0.3, -0.25) is 4.90 Å². The first kappa shape index (κ1) is 20.9. The Morgan fingerprint density at radius 3 is 2.74 bits per heavy atom. The Labute approximate surface area is 184 Å². The summed E-state index contributed by atoms with van der Waals surface area (Å²) in [5.74, 6) is 1.24. The van der Waals surface area contributed by atoms with Crippen molar-refractivity contribution in [2.24, 2.45) is 5.14 Å². The SMILES string of the molecule is CN(C1=COC(c2cccc(Cl)c2)O1)c1ccnc(Nc2cccc(S(N)(=O)=O)c2)n1. The highest BCUT2D eigenvalue weighted by Gasteiger charge is 2.25. The van der Waals surface area contributed by atoms with Gasteiger partial charge in [0.2, 0.25) is 21.9 Å². The predicted molar refractivity (Wildman–Crippen MR) is 116 cm³/mol. The molecule has 0 bridgehead atoms. The summed E-state index contributed by atoms with van der Waals surface area (Å²) in [6.45, 7) is 0. The van der Waals surface area contributed by atoms with Crippen LogP contribution in [-0.2, 0) is 19.5 Å². The van der Waals surface area contributed by atoms with Crippen molar-refractivity contribution >= 4 is 39.1 Å². The molecule has 1 atom stereocenters. The van der Waals surface area contributed by atoms with Gasteiger partial charge in [-0.15, -0.1) is 0 Å². The number of ether oxygens (including phenoxy) is 2. The van der Waals surface area contributed by atoms with Crippen LogP contribution in [0.4, 0.5) is 17.5 Å². The summed E-state index contributed by atoms with van der Waals surface area (Å²) in [6, 6.07) is 15.0. The first-order valence-corrected chi connectivity index (χ1v) is 11.0. The first-order chi connectivity index (χ1) is 14.8. The molecule has 3 N–H and O–H groups in total. The number of nitrogens with zero attached hydrogens (tertiary/aromatic N) is 3. The summed E-state index contributed by atoms with van der Waals surface area (Å²) in [5, 5.41) is 8.74. The van der Waals surface area contributed by atoms with Crippen LogP contribution in [-0.4, -0.2) is 25.4 Å². The molecule has 0 fully saturated rings. The number of primary sulfonamides is 1. The van der Waals surface area contributed by atoms with Gasteiger partial charge in [0.1, 0.15) is 12.1 Å². The molecule has 1 aromatic heterocycles. The Morgan fingerprint density at radius 1 is 1.16 bits per heavy atom. The highest BCUT2D eigenvalue weighted by molar-refractivity contribution is 7.89. The first-order valence-electron chi connectivity index (χ1n) is 9.04. The highest BCUT2D eigenvalue weighted by atomic mass is 35.5. The predicted octanol–water partition coefficient (Wildman–Crippen LogP) is 3.50. The third kappa shape index (κ3) is 4.88. The Hall–Kier alpha value is -3.34. The zero-order chi connectivity index (χ0) is 22.0. The van der Waals surface area contributed by atoms with Crippen LogP contribution in [0.15, 0.2) is 77.8 Å². The van der Waals surface area contributed by atoms with Crippen molar-refractivity contribution in [3.8, 4) is 0 Å². The summed E-state index contributed by atoms with van der Waals surface area (Å²) in [4.78, 5) is 10.3. The number of anilines is 3. The van der Waals surface area contributed by atoms with E-state index in [1.54, 1.807) is 48.5 Å². The van der Waals surface area contributed by atoms with Crippen LogP contribution < -0.4 is 15.4 Å². The maximum Gasteiger partial charge on any atom is 0.268 e. The number of aromatic nitrogens is 2. The molecule has 0 radical (unpaired) electrons. The Balaban J connectivity index is 1.48. The standard InChI is InChI=1S/C20H18ClN5O4S/c1-26(18-12-29-19(30-18)13-4-2-5-14(21)10-13)17-8-9-23-20(25-17)24-15-6-3-7-16(11-15)31(22,27)28/h2-12,19H,1H3,(H2,22,27,28)(H,23,24,25). The van der Waals surface area contributed by atoms with Crippen molar-refractivity contribution in [3.63, 3.8) is 0 Å². The minimum absolute atomic E-state index is 0.0144. The largest absolute Gasteiger partial charge is 0.453 e. The lowest BCUT2D eigenvalue weighted by molar-refractivity contribution is -0.0346. The lowest BCUT2D eigenvalue weighted by Crippen LogP contribution is -2.19. The van der Waals surface area contributed by atoms with E-state index in [2.05, 4.69) is 15.3 Å². The van der Waals surface area contributed by atoms with Gasteiger partial charge in [0, 0.05) is 29.5 Å². The molecule has 1 aliphatic heterocycles. The minimum atomic E-state index is -3.82. The van der Waals surface area contributed by atoms with Crippen LogP contribution in [0.1, 0.15) is 11.9 Å². The van der Waals surface area contributed by atoms with Crippen LogP contribution >= 0.6 is 11.6 Å². The summed E-state index contributed by atoms with van der Waals surface area (Å²) in [5.41, 5.74) is 1.26. The molecule has 160 valence electrons. The third-order valence-corrected chi connectivity index (χ3v) is 5.52. The molecule has 11 heteroatoms. The van der Waals surface area contributed by atoms with Gasteiger partial charge in [0.15, 0.2) is 0 Å². The smallest absolute Gasteiger partial charge is 0.268 e. The molecule has 2 aromatic carbocycles. The zero-order valence-electron chi connectivity index (χ0n) is 16.3. The van der Waals surface area contributed by atoms with Gasteiger partial charge in [0.05, 0.1) is 4.90 Å². The Morgan fingerprint density at radius 2 is 1.97 bits per heavy atom. The van der Waals surface area contributed by atoms with E-state index in [-0.39, 0.29) is 10.8 Å². The van der Waals surface area contributed by atoms with Gasteiger partial charge in [-0.1, -0.05) is 29.8 Å². The van der Waals surface area contributed by atoms with E-state index >= 15 is 0 Å².